The average molecular weight is 230 g/mol. The number of nitrogens with zero attached hydrogens (tertiary/aromatic N) is 1. The number of rotatable bonds is 4. The van der Waals surface area contributed by atoms with Crippen LogP contribution in [0, 0.1) is 39.0 Å². The van der Waals surface area contributed by atoms with E-state index in [9.17, 15) is 0 Å². The first kappa shape index (κ1) is 13.7. The quantitative estimate of drug-likeness (QED) is 0.859. The van der Waals surface area contributed by atoms with Gasteiger partial charge in [0.05, 0.1) is 6.07 Å². The summed E-state index contributed by atoms with van der Waals surface area (Å²) in [5, 5.41) is 12.1. The Kier molecular flexibility index (Phi) is 4.72. The van der Waals surface area contributed by atoms with Crippen molar-refractivity contribution >= 4 is 0 Å². The largest absolute Gasteiger partial charge is 0.313 e. The molecule has 1 aromatic carbocycles. The highest BCUT2D eigenvalue weighted by molar-refractivity contribution is 5.45. The summed E-state index contributed by atoms with van der Waals surface area (Å²) in [7, 11) is 1.97. The molecule has 0 aliphatic heterocycles. The number of benzene rings is 1. The molecule has 17 heavy (non-hydrogen) atoms. The lowest BCUT2D eigenvalue weighted by molar-refractivity contribution is 0.551. The van der Waals surface area contributed by atoms with Crippen LogP contribution in [-0.4, -0.2) is 7.05 Å². The maximum absolute atomic E-state index is 8.73. The van der Waals surface area contributed by atoms with E-state index in [2.05, 4.69) is 45.1 Å². The molecule has 0 radical (unpaired) electrons. The molecule has 0 saturated carbocycles. The lowest BCUT2D eigenvalue weighted by Crippen LogP contribution is -2.19. The Bertz CT molecular complexity index is 415. The zero-order chi connectivity index (χ0) is 13.0. The van der Waals surface area contributed by atoms with Gasteiger partial charge in [-0.25, -0.2) is 0 Å². The Morgan fingerprint density at radius 1 is 1.18 bits per heavy atom. The molecular weight excluding hydrogens is 208 g/mol. The Labute approximate surface area is 105 Å². The third-order valence-electron chi connectivity index (χ3n) is 3.67. The van der Waals surface area contributed by atoms with E-state index in [1.54, 1.807) is 0 Å². The van der Waals surface area contributed by atoms with Crippen molar-refractivity contribution in [3.05, 3.63) is 33.9 Å². The van der Waals surface area contributed by atoms with Crippen molar-refractivity contribution in [2.75, 3.05) is 7.05 Å². The molecule has 0 aliphatic carbocycles. The molecule has 0 bridgehead atoms. The molecule has 1 rings (SSSR count). The standard InChI is InChI=1S/C15H22N2/c1-10-9-11(2)13(4)15(12(10)3)14(17-5)7-6-8-16/h9,14,17H,6-7H2,1-5H3. The van der Waals surface area contributed by atoms with Crippen LogP contribution in [0.4, 0.5) is 0 Å². The van der Waals surface area contributed by atoms with Crippen LogP contribution in [0.25, 0.3) is 0 Å². The van der Waals surface area contributed by atoms with Crippen molar-refractivity contribution in [1.29, 1.82) is 5.26 Å². The summed E-state index contributed by atoms with van der Waals surface area (Å²) in [5.74, 6) is 0. The summed E-state index contributed by atoms with van der Waals surface area (Å²) >= 11 is 0. The minimum absolute atomic E-state index is 0.285. The van der Waals surface area contributed by atoms with Crippen LogP contribution in [0.3, 0.4) is 0 Å². The zero-order valence-electron chi connectivity index (χ0n) is 11.5. The van der Waals surface area contributed by atoms with Gasteiger partial charge in [-0.05, 0) is 69.0 Å². The van der Waals surface area contributed by atoms with Gasteiger partial charge in [-0.1, -0.05) is 6.07 Å². The second-order valence-electron chi connectivity index (χ2n) is 4.71. The van der Waals surface area contributed by atoms with Gasteiger partial charge in [0.25, 0.3) is 0 Å². The summed E-state index contributed by atoms with van der Waals surface area (Å²) in [4.78, 5) is 0. The summed E-state index contributed by atoms with van der Waals surface area (Å²) in [6.07, 6.45) is 1.47. The number of hydrogen-bond acceptors (Lipinski definition) is 2. The van der Waals surface area contributed by atoms with Crippen molar-refractivity contribution in [1.82, 2.24) is 5.32 Å². The molecule has 0 heterocycles. The Morgan fingerprint density at radius 2 is 1.71 bits per heavy atom. The minimum atomic E-state index is 0.285. The third kappa shape index (κ3) is 2.87. The number of aryl methyl sites for hydroxylation is 2. The summed E-state index contributed by atoms with van der Waals surface area (Å²) in [6.45, 7) is 8.66. The van der Waals surface area contributed by atoms with Crippen LogP contribution < -0.4 is 5.32 Å². The molecule has 1 aromatic rings. The van der Waals surface area contributed by atoms with E-state index in [-0.39, 0.29) is 6.04 Å². The molecule has 2 heteroatoms. The second-order valence-corrected chi connectivity index (χ2v) is 4.71. The van der Waals surface area contributed by atoms with Crippen molar-refractivity contribution in [2.45, 2.75) is 46.6 Å². The van der Waals surface area contributed by atoms with E-state index in [1.165, 1.54) is 27.8 Å². The summed E-state index contributed by atoms with van der Waals surface area (Å²) in [6, 6.07) is 4.76. The van der Waals surface area contributed by atoms with Crippen LogP contribution >= 0.6 is 0 Å². The molecule has 2 nitrogen and oxygen atoms in total. The van der Waals surface area contributed by atoms with E-state index < -0.39 is 0 Å². The van der Waals surface area contributed by atoms with E-state index in [4.69, 9.17) is 5.26 Å². The molecule has 1 atom stereocenters. The van der Waals surface area contributed by atoms with Crippen LogP contribution in [0.1, 0.15) is 46.7 Å². The molecule has 0 amide bonds. The molecule has 1 unspecified atom stereocenters. The predicted octanol–water partition coefficient (Wildman–Crippen LogP) is 3.48. The van der Waals surface area contributed by atoms with Crippen LogP contribution in [0.5, 0.6) is 0 Å². The molecule has 0 saturated heterocycles. The van der Waals surface area contributed by atoms with Crippen molar-refractivity contribution in [3.8, 4) is 6.07 Å². The smallest absolute Gasteiger partial charge is 0.0622 e. The first-order valence-electron chi connectivity index (χ1n) is 6.14. The van der Waals surface area contributed by atoms with Gasteiger partial charge in [0.2, 0.25) is 0 Å². The topological polar surface area (TPSA) is 35.8 Å². The number of nitriles is 1. The van der Waals surface area contributed by atoms with Gasteiger partial charge >= 0.3 is 0 Å². The van der Waals surface area contributed by atoms with Gasteiger partial charge in [-0.2, -0.15) is 5.26 Å². The summed E-state index contributed by atoms with van der Waals surface area (Å²) in [5.41, 5.74) is 6.75. The molecule has 0 spiro atoms. The highest BCUT2D eigenvalue weighted by atomic mass is 14.9. The van der Waals surface area contributed by atoms with E-state index >= 15 is 0 Å². The van der Waals surface area contributed by atoms with Gasteiger partial charge in [0.1, 0.15) is 0 Å². The lowest BCUT2D eigenvalue weighted by atomic mass is 9.88. The Hall–Kier alpha value is -1.33. The molecule has 0 aromatic heterocycles. The van der Waals surface area contributed by atoms with Gasteiger partial charge < -0.3 is 5.32 Å². The van der Waals surface area contributed by atoms with Gasteiger partial charge in [-0.15, -0.1) is 0 Å². The van der Waals surface area contributed by atoms with Crippen molar-refractivity contribution < 1.29 is 0 Å². The van der Waals surface area contributed by atoms with Crippen molar-refractivity contribution in [2.24, 2.45) is 0 Å². The summed E-state index contributed by atoms with van der Waals surface area (Å²) < 4.78 is 0. The first-order chi connectivity index (χ1) is 8.02. The molecule has 92 valence electrons. The lowest BCUT2D eigenvalue weighted by Gasteiger charge is -2.23. The molecule has 0 fully saturated rings. The molecule has 0 aliphatic rings. The highest BCUT2D eigenvalue weighted by Gasteiger charge is 2.16. The SMILES string of the molecule is CNC(CCC#N)c1c(C)c(C)cc(C)c1C. The second kappa shape index (κ2) is 5.84. The van der Waals surface area contributed by atoms with Crippen LogP contribution in [0.15, 0.2) is 6.07 Å². The normalized spacial score (nSPS) is 12.2. The molecular formula is C15H22N2. The first-order valence-corrected chi connectivity index (χ1v) is 6.14. The van der Waals surface area contributed by atoms with E-state index in [0.29, 0.717) is 6.42 Å². The van der Waals surface area contributed by atoms with Gasteiger partial charge in [-0.3, -0.25) is 0 Å². The Morgan fingerprint density at radius 3 is 2.12 bits per heavy atom. The van der Waals surface area contributed by atoms with Gasteiger partial charge in [0.15, 0.2) is 0 Å². The fourth-order valence-corrected chi connectivity index (χ4v) is 2.41. The predicted molar refractivity (Wildman–Crippen MR) is 72.0 cm³/mol. The van der Waals surface area contributed by atoms with Gasteiger partial charge in [0, 0.05) is 12.5 Å². The van der Waals surface area contributed by atoms with Crippen LogP contribution in [0.2, 0.25) is 0 Å². The zero-order valence-corrected chi connectivity index (χ0v) is 11.5. The minimum Gasteiger partial charge on any atom is -0.313 e. The van der Waals surface area contributed by atoms with E-state index in [1.807, 2.05) is 7.05 Å². The fraction of sp³-hybridized carbons (Fsp3) is 0.533. The number of hydrogen-bond donors (Lipinski definition) is 1. The van der Waals surface area contributed by atoms with Crippen LogP contribution in [-0.2, 0) is 0 Å². The maximum Gasteiger partial charge on any atom is 0.0622 e. The molecule has 1 N–H and O–H groups in total. The highest BCUT2D eigenvalue weighted by Crippen LogP contribution is 2.29. The maximum atomic E-state index is 8.73. The monoisotopic (exact) mass is 230 g/mol. The van der Waals surface area contributed by atoms with E-state index in [0.717, 1.165) is 6.42 Å². The Balaban J connectivity index is 3.23. The average Bonchev–Trinajstić information content (AvgIpc) is 2.31. The van der Waals surface area contributed by atoms with Crippen molar-refractivity contribution in [3.63, 3.8) is 0 Å². The fourth-order valence-electron chi connectivity index (χ4n) is 2.41. The third-order valence-corrected chi connectivity index (χ3v) is 3.67. The number of nitrogens with one attached hydrogen (secondary N) is 1.